The quantitative estimate of drug-likeness (QED) is 0.760. The number of aliphatic hydroxyl groups is 1. The molecule has 0 aromatic rings. The lowest BCUT2D eigenvalue weighted by atomic mass is 9.40. The van der Waals surface area contributed by atoms with Crippen molar-refractivity contribution in [2.24, 2.45) is 39.9 Å². The molecule has 0 aliphatic heterocycles. The van der Waals surface area contributed by atoms with Crippen LogP contribution in [0.15, 0.2) is 0 Å². The van der Waals surface area contributed by atoms with Gasteiger partial charge in [0, 0.05) is 18.3 Å². The van der Waals surface area contributed by atoms with E-state index in [1.165, 1.54) is 6.92 Å². The van der Waals surface area contributed by atoms with Crippen LogP contribution in [0.5, 0.6) is 0 Å². The number of aliphatic hydroxyl groups excluding tert-OH is 1. The molecule has 4 saturated carbocycles. The molecule has 0 heterocycles. The van der Waals surface area contributed by atoms with E-state index in [1.807, 2.05) is 0 Å². The first kappa shape index (κ1) is 18.5. The van der Waals surface area contributed by atoms with E-state index >= 15 is 0 Å². The maximum absolute atomic E-state index is 13.3. The summed E-state index contributed by atoms with van der Waals surface area (Å²) in [4.78, 5) is 24.7. The van der Waals surface area contributed by atoms with Crippen LogP contribution in [0.1, 0.15) is 72.6 Å². The van der Waals surface area contributed by atoms with Crippen molar-refractivity contribution in [2.45, 2.75) is 78.7 Å². The SMILES string of the molecule is CC(=O)OC[C@@]1(C)CCC[C@]2(C)[C@@H]1C[C@@H](O)[C@@]13C[C@@H](CC[C@@H]21)[C@H](C)C3=O. The summed E-state index contributed by atoms with van der Waals surface area (Å²) < 4.78 is 5.46. The summed E-state index contributed by atoms with van der Waals surface area (Å²) in [6, 6.07) is 0. The molecule has 4 aliphatic rings. The zero-order valence-electron chi connectivity index (χ0n) is 16.7. The van der Waals surface area contributed by atoms with Crippen LogP contribution in [0.4, 0.5) is 0 Å². The molecule has 0 amide bonds. The Morgan fingerprint density at radius 3 is 2.65 bits per heavy atom. The van der Waals surface area contributed by atoms with Crippen molar-refractivity contribution in [1.82, 2.24) is 0 Å². The molecule has 8 atom stereocenters. The summed E-state index contributed by atoms with van der Waals surface area (Å²) in [5.74, 6) is 1.25. The molecule has 26 heavy (non-hydrogen) atoms. The molecule has 0 unspecified atom stereocenters. The molecular formula is C22H34O4. The summed E-state index contributed by atoms with van der Waals surface area (Å²) in [5.41, 5.74) is -0.560. The Labute approximate surface area is 157 Å². The summed E-state index contributed by atoms with van der Waals surface area (Å²) in [6.07, 6.45) is 6.47. The predicted molar refractivity (Wildman–Crippen MR) is 98.2 cm³/mol. The van der Waals surface area contributed by atoms with E-state index in [0.29, 0.717) is 30.6 Å². The molecule has 4 rings (SSSR count). The van der Waals surface area contributed by atoms with E-state index in [1.54, 1.807) is 0 Å². The summed E-state index contributed by atoms with van der Waals surface area (Å²) in [6.45, 7) is 8.58. The number of ether oxygens (including phenoxy) is 1. The third-order valence-electron chi connectivity index (χ3n) is 9.18. The van der Waals surface area contributed by atoms with Gasteiger partial charge >= 0.3 is 5.97 Å². The molecule has 2 bridgehead atoms. The van der Waals surface area contributed by atoms with Crippen molar-refractivity contribution in [3.63, 3.8) is 0 Å². The van der Waals surface area contributed by atoms with Crippen LogP contribution >= 0.6 is 0 Å². The standard InChI is InChI=1S/C22H34O4/c1-13-15-6-7-16-21(4)9-5-8-20(3,12-26-14(2)23)17(21)10-18(24)22(16,11-15)19(13)25/h13,15-18,24H,5-12H2,1-4H3/t13-,15+,16-,17+,18+,20+,21-,22+/m0/s1. The third kappa shape index (κ3) is 2.23. The Kier molecular flexibility index (Phi) is 4.12. The number of hydrogen-bond acceptors (Lipinski definition) is 4. The number of fused-ring (bicyclic) bond motifs is 3. The van der Waals surface area contributed by atoms with Crippen LogP contribution in [0.3, 0.4) is 0 Å². The first-order valence-electron chi connectivity index (χ1n) is 10.5. The molecule has 0 saturated heterocycles. The van der Waals surface area contributed by atoms with Gasteiger partial charge < -0.3 is 9.84 Å². The molecule has 4 fully saturated rings. The fourth-order valence-electron chi connectivity index (χ4n) is 7.97. The molecule has 4 heteroatoms. The highest BCUT2D eigenvalue weighted by Crippen LogP contribution is 2.71. The topological polar surface area (TPSA) is 63.6 Å². The zero-order valence-corrected chi connectivity index (χ0v) is 16.7. The number of hydrogen-bond donors (Lipinski definition) is 1. The van der Waals surface area contributed by atoms with E-state index < -0.39 is 11.5 Å². The normalized spacial score (nSPS) is 53.0. The van der Waals surface area contributed by atoms with Crippen molar-refractivity contribution in [1.29, 1.82) is 0 Å². The van der Waals surface area contributed by atoms with Gasteiger partial charge in [-0.25, -0.2) is 0 Å². The summed E-state index contributed by atoms with van der Waals surface area (Å²) in [5, 5.41) is 11.3. The molecule has 146 valence electrons. The van der Waals surface area contributed by atoms with Gasteiger partial charge in [-0.3, -0.25) is 9.59 Å². The van der Waals surface area contributed by atoms with Crippen molar-refractivity contribution in [3.8, 4) is 0 Å². The molecule has 4 nitrogen and oxygen atoms in total. The Morgan fingerprint density at radius 2 is 1.96 bits per heavy atom. The minimum atomic E-state index is -0.541. The fourth-order valence-corrected chi connectivity index (χ4v) is 7.97. The third-order valence-corrected chi connectivity index (χ3v) is 9.18. The van der Waals surface area contributed by atoms with Gasteiger partial charge in [-0.15, -0.1) is 0 Å². The number of esters is 1. The first-order valence-corrected chi connectivity index (χ1v) is 10.5. The van der Waals surface area contributed by atoms with Gasteiger partial charge in [-0.1, -0.05) is 27.2 Å². The van der Waals surface area contributed by atoms with Crippen molar-refractivity contribution in [3.05, 3.63) is 0 Å². The lowest BCUT2D eigenvalue weighted by Crippen LogP contribution is -2.64. The summed E-state index contributed by atoms with van der Waals surface area (Å²) in [7, 11) is 0. The van der Waals surface area contributed by atoms with E-state index in [0.717, 1.165) is 38.5 Å². The Balaban J connectivity index is 1.72. The molecule has 1 N–H and O–H groups in total. The van der Waals surface area contributed by atoms with Gasteiger partial charge in [0.1, 0.15) is 5.78 Å². The second-order valence-corrected chi connectivity index (χ2v) is 10.4. The van der Waals surface area contributed by atoms with Gasteiger partial charge in [-0.2, -0.15) is 0 Å². The number of Topliss-reactive ketones (excluding diaryl/α,β-unsaturated/α-hetero) is 1. The molecule has 1 spiro atoms. The van der Waals surface area contributed by atoms with Crippen LogP contribution in [-0.4, -0.2) is 29.6 Å². The van der Waals surface area contributed by atoms with Gasteiger partial charge in [0.05, 0.1) is 18.1 Å². The summed E-state index contributed by atoms with van der Waals surface area (Å²) >= 11 is 0. The van der Waals surface area contributed by atoms with Crippen LogP contribution < -0.4 is 0 Å². The van der Waals surface area contributed by atoms with Crippen LogP contribution in [0.25, 0.3) is 0 Å². The smallest absolute Gasteiger partial charge is 0.302 e. The average Bonchev–Trinajstić information content (AvgIpc) is 2.77. The van der Waals surface area contributed by atoms with Crippen molar-refractivity contribution >= 4 is 11.8 Å². The lowest BCUT2D eigenvalue weighted by Gasteiger charge is -2.64. The minimum absolute atomic E-state index is 0.0526. The molecule has 0 radical (unpaired) electrons. The molecule has 0 aromatic carbocycles. The monoisotopic (exact) mass is 362 g/mol. The van der Waals surface area contributed by atoms with Crippen LogP contribution in [-0.2, 0) is 14.3 Å². The number of ketones is 1. The minimum Gasteiger partial charge on any atom is -0.465 e. The van der Waals surface area contributed by atoms with E-state index in [-0.39, 0.29) is 28.6 Å². The number of rotatable bonds is 2. The second kappa shape index (κ2) is 5.80. The van der Waals surface area contributed by atoms with Gasteiger partial charge in [-0.05, 0) is 61.7 Å². The molecular weight excluding hydrogens is 328 g/mol. The lowest BCUT2D eigenvalue weighted by molar-refractivity contribution is -0.207. The van der Waals surface area contributed by atoms with Gasteiger partial charge in [0.2, 0.25) is 0 Å². The second-order valence-electron chi connectivity index (χ2n) is 10.4. The first-order chi connectivity index (χ1) is 12.1. The zero-order chi connectivity index (χ0) is 18.9. The fraction of sp³-hybridized carbons (Fsp3) is 0.909. The Hall–Kier alpha value is -0.900. The highest BCUT2D eigenvalue weighted by molar-refractivity contribution is 5.91. The highest BCUT2D eigenvalue weighted by atomic mass is 16.5. The van der Waals surface area contributed by atoms with Crippen molar-refractivity contribution < 1.29 is 19.4 Å². The Morgan fingerprint density at radius 1 is 1.23 bits per heavy atom. The Bertz CT molecular complexity index is 630. The van der Waals surface area contributed by atoms with E-state index in [9.17, 15) is 14.7 Å². The van der Waals surface area contributed by atoms with E-state index in [2.05, 4.69) is 20.8 Å². The largest absolute Gasteiger partial charge is 0.465 e. The van der Waals surface area contributed by atoms with Gasteiger partial charge in [0.15, 0.2) is 0 Å². The maximum Gasteiger partial charge on any atom is 0.302 e. The molecule has 4 aliphatic carbocycles. The number of carbonyl (C=O) groups excluding carboxylic acids is 2. The maximum atomic E-state index is 13.3. The van der Waals surface area contributed by atoms with Crippen molar-refractivity contribution in [2.75, 3.05) is 6.61 Å². The highest BCUT2D eigenvalue weighted by Gasteiger charge is 2.70. The van der Waals surface area contributed by atoms with Crippen LogP contribution in [0.2, 0.25) is 0 Å². The van der Waals surface area contributed by atoms with E-state index in [4.69, 9.17) is 4.74 Å². The van der Waals surface area contributed by atoms with Crippen LogP contribution in [0, 0.1) is 39.9 Å². The average molecular weight is 363 g/mol. The molecule has 0 aromatic heterocycles. The van der Waals surface area contributed by atoms with Gasteiger partial charge in [0.25, 0.3) is 0 Å². The predicted octanol–water partition coefficient (Wildman–Crippen LogP) is 3.75. The number of carbonyl (C=O) groups is 2.